The highest BCUT2D eigenvalue weighted by Crippen LogP contribution is 2.21. The van der Waals surface area contributed by atoms with E-state index in [1.807, 2.05) is 0 Å². The molecule has 1 aromatic heterocycles. The van der Waals surface area contributed by atoms with Crippen LogP contribution in [0, 0.1) is 0 Å². The number of carbonyl (C=O) groups excluding carboxylic acids is 3. The van der Waals surface area contributed by atoms with E-state index >= 15 is 0 Å². The van der Waals surface area contributed by atoms with Crippen LogP contribution in [0.2, 0.25) is 0 Å². The fourth-order valence-corrected chi connectivity index (χ4v) is 1.98. The second-order valence-electron chi connectivity index (χ2n) is 3.63. The first-order chi connectivity index (χ1) is 8.97. The Morgan fingerprint density at radius 1 is 1.32 bits per heavy atom. The summed E-state index contributed by atoms with van der Waals surface area (Å²) < 4.78 is 10.1. The molecule has 0 aliphatic rings. The molecular weight excluding hydrogens is 318 g/mol. The van der Waals surface area contributed by atoms with E-state index in [0.29, 0.717) is 16.5 Å². The molecule has 0 aliphatic carbocycles. The van der Waals surface area contributed by atoms with Gasteiger partial charge in [-0.3, -0.25) is 9.59 Å². The molecule has 1 N–H and O–H groups in total. The van der Waals surface area contributed by atoms with E-state index in [1.54, 1.807) is 13.1 Å². The van der Waals surface area contributed by atoms with Crippen molar-refractivity contribution >= 4 is 33.7 Å². The van der Waals surface area contributed by atoms with Gasteiger partial charge >= 0.3 is 11.9 Å². The van der Waals surface area contributed by atoms with Crippen LogP contribution in [0.1, 0.15) is 29.9 Å². The van der Waals surface area contributed by atoms with Crippen LogP contribution in [0.3, 0.4) is 0 Å². The van der Waals surface area contributed by atoms with Crippen LogP contribution < -0.4 is 0 Å². The number of H-pyrrole nitrogens is 1. The fraction of sp³-hybridized carbons (Fsp3) is 0.417. The number of ketones is 1. The third kappa shape index (κ3) is 4.20. The number of esters is 2. The van der Waals surface area contributed by atoms with Gasteiger partial charge in [-0.05, 0) is 28.4 Å². The standard InChI is InChI=1S/C12H14BrNO5/c1-3-18-12(17)11(16)10-8(9(13)6-14-10)4-5-19-7(2)15/h6,14H,3-5H2,1-2H3. The number of nitrogens with one attached hydrogen (secondary N) is 1. The lowest BCUT2D eigenvalue weighted by molar-refractivity contribution is -0.141. The maximum absolute atomic E-state index is 11.8. The summed E-state index contributed by atoms with van der Waals surface area (Å²) in [5, 5.41) is 0. The fourth-order valence-electron chi connectivity index (χ4n) is 1.47. The summed E-state index contributed by atoms with van der Waals surface area (Å²) in [6, 6.07) is 0. The van der Waals surface area contributed by atoms with Crippen molar-refractivity contribution in [3.63, 3.8) is 0 Å². The minimum absolute atomic E-state index is 0.134. The van der Waals surface area contributed by atoms with E-state index in [9.17, 15) is 14.4 Å². The van der Waals surface area contributed by atoms with Gasteiger partial charge in [-0.1, -0.05) is 0 Å². The number of halogens is 1. The first-order valence-corrected chi connectivity index (χ1v) is 6.47. The number of carbonyl (C=O) groups is 3. The number of Topliss-reactive ketones (excluding diaryl/α,β-unsaturated/α-hetero) is 1. The Labute approximate surface area is 118 Å². The van der Waals surface area contributed by atoms with Crippen molar-refractivity contribution in [1.82, 2.24) is 4.98 Å². The number of ether oxygens (including phenoxy) is 2. The normalized spacial score (nSPS) is 10.1. The molecular formula is C12H14BrNO5. The Kier molecular flexibility index (Phi) is 5.75. The molecule has 0 fully saturated rings. The van der Waals surface area contributed by atoms with Gasteiger partial charge in [0.05, 0.1) is 18.9 Å². The minimum Gasteiger partial charge on any atom is -0.466 e. The number of aromatic nitrogens is 1. The van der Waals surface area contributed by atoms with Crippen molar-refractivity contribution in [3.8, 4) is 0 Å². The van der Waals surface area contributed by atoms with E-state index in [0.717, 1.165) is 0 Å². The largest absolute Gasteiger partial charge is 0.466 e. The van der Waals surface area contributed by atoms with E-state index < -0.39 is 17.7 Å². The number of hydrogen-bond acceptors (Lipinski definition) is 5. The van der Waals surface area contributed by atoms with Crippen LogP contribution in [0.5, 0.6) is 0 Å². The average Bonchev–Trinajstić information content (AvgIpc) is 2.70. The van der Waals surface area contributed by atoms with Gasteiger partial charge in [0.1, 0.15) is 0 Å². The molecule has 104 valence electrons. The summed E-state index contributed by atoms with van der Waals surface area (Å²) in [6.45, 7) is 3.19. The monoisotopic (exact) mass is 331 g/mol. The highest BCUT2D eigenvalue weighted by molar-refractivity contribution is 9.10. The molecule has 0 radical (unpaired) electrons. The van der Waals surface area contributed by atoms with Gasteiger partial charge in [0.25, 0.3) is 5.78 Å². The summed E-state index contributed by atoms with van der Waals surface area (Å²) in [5.74, 6) is -2.05. The molecule has 6 nitrogen and oxygen atoms in total. The molecule has 1 heterocycles. The lowest BCUT2D eigenvalue weighted by Crippen LogP contribution is -2.19. The van der Waals surface area contributed by atoms with Crippen molar-refractivity contribution in [2.75, 3.05) is 13.2 Å². The van der Waals surface area contributed by atoms with E-state index in [4.69, 9.17) is 4.74 Å². The zero-order valence-electron chi connectivity index (χ0n) is 10.6. The summed E-state index contributed by atoms with van der Waals surface area (Å²) in [5.41, 5.74) is 0.733. The molecule has 0 bridgehead atoms. The van der Waals surface area contributed by atoms with Crippen LogP contribution >= 0.6 is 15.9 Å². The summed E-state index contributed by atoms with van der Waals surface area (Å²) >= 11 is 3.26. The van der Waals surface area contributed by atoms with Crippen LogP contribution in [0.25, 0.3) is 0 Å². The maximum Gasteiger partial charge on any atom is 0.381 e. The Morgan fingerprint density at radius 2 is 2.00 bits per heavy atom. The van der Waals surface area contributed by atoms with Gasteiger partial charge in [-0.15, -0.1) is 0 Å². The van der Waals surface area contributed by atoms with Crippen molar-refractivity contribution in [1.29, 1.82) is 0 Å². The quantitative estimate of drug-likeness (QED) is 0.486. The summed E-state index contributed by atoms with van der Waals surface area (Å²) in [4.78, 5) is 36.6. The molecule has 1 aromatic rings. The predicted octanol–water partition coefficient (Wildman–Crippen LogP) is 1.63. The molecule has 19 heavy (non-hydrogen) atoms. The minimum atomic E-state index is -0.911. The Morgan fingerprint density at radius 3 is 2.58 bits per heavy atom. The lowest BCUT2D eigenvalue weighted by Gasteiger charge is -2.05. The topological polar surface area (TPSA) is 85.5 Å². The number of hydrogen-bond donors (Lipinski definition) is 1. The number of aromatic amines is 1. The van der Waals surface area contributed by atoms with E-state index in [2.05, 4.69) is 25.7 Å². The SMILES string of the molecule is CCOC(=O)C(=O)c1[nH]cc(Br)c1CCOC(C)=O. The molecule has 0 aromatic carbocycles. The second kappa shape index (κ2) is 7.08. The van der Waals surface area contributed by atoms with Gasteiger partial charge in [0.15, 0.2) is 0 Å². The predicted molar refractivity (Wildman–Crippen MR) is 69.8 cm³/mol. The van der Waals surface area contributed by atoms with Crippen molar-refractivity contribution in [2.45, 2.75) is 20.3 Å². The molecule has 1 rings (SSSR count). The Bertz CT molecular complexity index is 494. The first kappa shape index (κ1) is 15.4. The highest BCUT2D eigenvalue weighted by atomic mass is 79.9. The van der Waals surface area contributed by atoms with Crippen LogP contribution in [0.15, 0.2) is 10.7 Å². The van der Waals surface area contributed by atoms with Crippen molar-refractivity contribution < 1.29 is 23.9 Å². The molecule has 0 atom stereocenters. The maximum atomic E-state index is 11.8. The molecule has 0 unspecified atom stereocenters. The van der Waals surface area contributed by atoms with Gasteiger partial charge < -0.3 is 14.5 Å². The Balaban J connectivity index is 2.82. The van der Waals surface area contributed by atoms with Crippen molar-refractivity contribution in [2.24, 2.45) is 0 Å². The smallest absolute Gasteiger partial charge is 0.381 e. The van der Waals surface area contributed by atoms with Gasteiger partial charge in [0.2, 0.25) is 0 Å². The third-order valence-corrected chi connectivity index (χ3v) is 2.99. The van der Waals surface area contributed by atoms with Gasteiger partial charge in [-0.25, -0.2) is 4.79 Å². The summed E-state index contributed by atoms with van der Waals surface area (Å²) in [6.07, 6.45) is 1.87. The van der Waals surface area contributed by atoms with E-state index in [-0.39, 0.29) is 18.9 Å². The van der Waals surface area contributed by atoms with E-state index in [1.165, 1.54) is 6.92 Å². The van der Waals surface area contributed by atoms with Crippen LogP contribution in [-0.4, -0.2) is 35.9 Å². The zero-order chi connectivity index (χ0) is 14.4. The lowest BCUT2D eigenvalue weighted by atomic mass is 10.1. The molecule has 0 aliphatic heterocycles. The molecule has 7 heteroatoms. The first-order valence-electron chi connectivity index (χ1n) is 5.67. The van der Waals surface area contributed by atoms with Crippen LogP contribution in [-0.2, 0) is 25.5 Å². The van der Waals surface area contributed by atoms with Crippen molar-refractivity contribution in [3.05, 3.63) is 21.9 Å². The summed E-state index contributed by atoms with van der Waals surface area (Å²) in [7, 11) is 0. The Hall–Kier alpha value is -1.63. The zero-order valence-corrected chi connectivity index (χ0v) is 12.2. The van der Waals surface area contributed by atoms with Gasteiger partial charge in [0, 0.05) is 24.0 Å². The van der Waals surface area contributed by atoms with Crippen LogP contribution in [0.4, 0.5) is 0 Å². The number of rotatable bonds is 6. The third-order valence-electron chi connectivity index (χ3n) is 2.28. The molecule has 0 spiro atoms. The second-order valence-corrected chi connectivity index (χ2v) is 4.48. The molecule has 0 amide bonds. The molecule has 0 saturated carbocycles. The molecule has 0 saturated heterocycles. The average molecular weight is 332 g/mol. The highest BCUT2D eigenvalue weighted by Gasteiger charge is 2.23. The van der Waals surface area contributed by atoms with Gasteiger partial charge in [-0.2, -0.15) is 0 Å².